The maximum Gasteiger partial charge on any atom is 0.387 e. The number of hydrogen-bond donors (Lipinski definition) is 0. The summed E-state index contributed by atoms with van der Waals surface area (Å²) in [6.45, 7) is -2.46. The van der Waals surface area contributed by atoms with E-state index in [4.69, 9.17) is 0 Å². The fourth-order valence-corrected chi connectivity index (χ4v) is 6.29. The van der Waals surface area contributed by atoms with Crippen molar-refractivity contribution in [2.45, 2.75) is 10.8 Å². The fourth-order valence-electron chi connectivity index (χ4n) is 2.71. The smallest absolute Gasteiger partial charge is 0.387 e. The van der Waals surface area contributed by atoms with Crippen LogP contribution in [0.15, 0.2) is 44.4 Å². The summed E-state index contributed by atoms with van der Waals surface area (Å²) in [5, 5.41) is 0. The molecule has 1 aromatic heterocycles. The van der Waals surface area contributed by atoms with Crippen molar-refractivity contribution in [3.8, 4) is 5.75 Å². The molecule has 27 heavy (non-hydrogen) atoms. The molecule has 11 heteroatoms. The number of carbonyl (C=O) groups excluding carboxylic acids is 1. The zero-order chi connectivity index (χ0) is 19.6. The van der Waals surface area contributed by atoms with Crippen LogP contribution in [0.4, 0.5) is 8.78 Å². The van der Waals surface area contributed by atoms with Crippen molar-refractivity contribution in [2.24, 2.45) is 0 Å². The number of benzene rings is 1. The molecule has 0 N–H and O–H groups in total. The van der Waals surface area contributed by atoms with Gasteiger partial charge in [-0.25, -0.2) is 8.42 Å². The lowest BCUT2D eigenvalue weighted by Crippen LogP contribution is -2.50. The van der Waals surface area contributed by atoms with Gasteiger partial charge < -0.3 is 9.64 Å². The van der Waals surface area contributed by atoms with E-state index in [0.717, 1.165) is 11.3 Å². The number of piperazine rings is 1. The minimum absolute atomic E-state index is 0.0243. The van der Waals surface area contributed by atoms with Crippen LogP contribution >= 0.6 is 27.3 Å². The molecule has 1 amide bonds. The van der Waals surface area contributed by atoms with E-state index in [1.54, 1.807) is 12.1 Å². The minimum Gasteiger partial charge on any atom is -0.434 e. The first-order valence-corrected chi connectivity index (χ1v) is 10.9. The minimum atomic E-state index is -3.62. The third kappa shape index (κ3) is 4.48. The van der Waals surface area contributed by atoms with Crippen LogP contribution in [0.25, 0.3) is 0 Å². The SMILES string of the molecule is O=C(c1ccccc1OC(F)F)N1CCN(S(=O)(=O)c2ccc(Br)s2)CC1. The average molecular weight is 481 g/mol. The van der Waals surface area contributed by atoms with Crippen LogP contribution in [0, 0.1) is 0 Å². The van der Waals surface area contributed by atoms with Gasteiger partial charge in [0.15, 0.2) is 0 Å². The summed E-state index contributed by atoms with van der Waals surface area (Å²) in [7, 11) is -3.62. The summed E-state index contributed by atoms with van der Waals surface area (Å²) in [4.78, 5) is 14.1. The van der Waals surface area contributed by atoms with Gasteiger partial charge in [0.2, 0.25) is 0 Å². The third-order valence-electron chi connectivity index (χ3n) is 4.00. The van der Waals surface area contributed by atoms with Gasteiger partial charge >= 0.3 is 6.61 Å². The number of thiophene rings is 1. The monoisotopic (exact) mass is 480 g/mol. The third-order valence-corrected chi connectivity index (χ3v) is 7.99. The van der Waals surface area contributed by atoms with Gasteiger partial charge in [-0.1, -0.05) is 12.1 Å². The molecule has 1 fully saturated rings. The maximum atomic E-state index is 12.7. The Morgan fingerprint density at radius 1 is 1.11 bits per heavy atom. The van der Waals surface area contributed by atoms with Gasteiger partial charge in [0.05, 0.1) is 9.35 Å². The summed E-state index contributed by atoms with van der Waals surface area (Å²) >= 11 is 4.36. The van der Waals surface area contributed by atoms with Gasteiger partial charge in [0.25, 0.3) is 15.9 Å². The summed E-state index contributed by atoms with van der Waals surface area (Å²) in [5.41, 5.74) is 0.0243. The highest BCUT2D eigenvalue weighted by Gasteiger charge is 2.32. The summed E-state index contributed by atoms with van der Waals surface area (Å²) in [6, 6.07) is 8.96. The van der Waals surface area contributed by atoms with E-state index >= 15 is 0 Å². The van der Waals surface area contributed by atoms with Gasteiger partial charge in [-0.05, 0) is 40.2 Å². The predicted octanol–water partition coefficient (Wildman–Crippen LogP) is 3.26. The molecule has 146 valence electrons. The number of halogens is 3. The van der Waals surface area contributed by atoms with E-state index in [1.165, 1.54) is 33.5 Å². The summed E-state index contributed by atoms with van der Waals surface area (Å²) in [5.74, 6) is -0.668. The zero-order valence-corrected chi connectivity index (χ0v) is 17.1. The molecule has 0 spiro atoms. The Kier molecular flexibility index (Phi) is 6.14. The lowest BCUT2D eigenvalue weighted by Gasteiger charge is -2.34. The van der Waals surface area contributed by atoms with E-state index in [1.807, 2.05) is 0 Å². The fraction of sp³-hybridized carbons (Fsp3) is 0.312. The molecule has 0 bridgehead atoms. The Labute approximate surface area is 167 Å². The van der Waals surface area contributed by atoms with Crippen LogP contribution < -0.4 is 4.74 Å². The number of sulfonamides is 1. The molecule has 0 radical (unpaired) electrons. The van der Waals surface area contributed by atoms with Crippen molar-refractivity contribution in [3.05, 3.63) is 45.7 Å². The lowest BCUT2D eigenvalue weighted by atomic mass is 10.1. The van der Waals surface area contributed by atoms with E-state index in [2.05, 4.69) is 20.7 Å². The van der Waals surface area contributed by atoms with E-state index in [9.17, 15) is 22.0 Å². The number of amides is 1. The number of alkyl halides is 2. The van der Waals surface area contributed by atoms with Crippen molar-refractivity contribution >= 4 is 43.2 Å². The second-order valence-corrected chi connectivity index (χ2v) is 10.3. The van der Waals surface area contributed by atoms with Gasteiger partial charge in [-0.3, -0.25) is 4.79 Å². The van der Waals surface area contributed by atoms with E-state index in [-0.39, 0.29) is 41.7 Å². The van der Waals surface area contributed by atoms with Crippen LogP contribution in [0.5, 0.6) is 5.75 Å². The van der Waals surface area contributed by atoms with Gasteiger partial charge in [0, 0.05) is 26.2 Å². The van der Waals surface area contributed by atoms with Crippen LogP contribution in [0.2, 0.25) is 0 Å². The summed E-state index contributed by atoms with van der Waals surface area (Å²) < 4.78 is 57.0. The van der Waals surface area contributed by atoms with Crippen molar-refractivity contribution < 1.29 is 26.7 Å². The van der Waals surface area contributed by atoms with Crippen LogP contribution in [-0.2, 0) is 10.0 Å². The largest absolute Gasteiger partial charge is 0.434 e. The molecule has 2 heterocycles. The number of para-hydroxylation sites is 1. The second-order valence-electron chi connectivity index (χ2n) is 5.63. The Bertz CT molecular complexity index is 928. The molecule has 2 aromatic rings. The second kappa shape index (κ2) is 8.21. The predicted molar refractivity (Wildman–Crippen MR) is 99.8 cm³/mol. The number of hydrogen-bond acceptors (Lipinski definition) is 5. The lowest BCUT2D eigenvalue weighted by molar-refractivity contribution is -0.0503. The quantitative estimate of drug-likeness (QED) is 0.658. The Morgan fingerprint density at radius 3 is 2.37 bits per heavy atom. The first-order valence-electron chi connectivity index (χ1n) is 7.87. The number of ether oxygens (including phenoxy) is 1. The molecule has 0 saturated carbocycles. The first kappa shape index (κ1) is 20.2. The Hall–Kier alpha value is -1.56. The van der Waals surface area contributed by atoms with Gasteiger partial charge in [-0.15, -0.1) is 11.3 Å². The van der Waals surface area contributed by atoms with Crippen molar-refractivity contribution in [1.29, 1.82) is 0 Å². The maximum absolute atomic E-state index is 12.7. The van der Waals surface area contributed by atoms with Crippen molar-refractivity contribution in [1.82, 2.24) is 9.21 Å². The topological polar surface area (TPSA) is 66.9 Å². The number of carbonyl (C=O) groups is 1. The normalized spacial score (nSPS) is 15.9. The van der Waals surface area contributed by atoms with Gasteiger partial charge in [-0.2, -0.15) is 13.1 Å². The Morgan fingerprint density at radius 2 is 1.78 bits per heavy atom. The molecule has 1 aromatic carbocycles. The van der Waals surface area contributed by atoms with Crippen LogP contribution in [-0.4, -0.2) is 56.3 Å². The van der Waals surface area contributed by atoms with E-state index in [0.29, 0.717) is 3.79 Å². The molecule has 0 unspecified atom stereocenters. The molecular weight excluding hydrogens is 466 g/mol. The molecule has 3 rings (SSSR count). The highest BCUT2D eigenvalue weighted by Crippen LogP contribution is 2.29. The Balaban J connectivity index is 1.70. The molecular formula is C16H15BrF2N2O4S2. The average Bonchev–Trinajstić information content (AvgIpc) is 3.08. The zero-order valence-electron chi connectivity index (χ0n) is 13.8. The molecule has 0 aliphatic carbocycles. The number of nitrogens with zero attached hydrogens (tertiary/aromatic N) is 2. The molecule has 6 nitrogen and oxygen atoms in total. The molecule has 1 aliphatic rings. The van der Waals surface area contributed by atoms with Crippen molar-refractivity contribution in [3.63, 3.8) is 0 Å². The molecule has 1 aliphatic heterocycles. The summed E-state index contributed by atoms with van der Waals surface area (Å²) in [6.07, 6.45) is 0. The van der Waals surface area contributed by atoms with Gasteiger partial charge in [0.1, 0.15) is 9.96 Å². The number of rotatable bonds is 5. The highest BCUT2D eigenvalue weighted by atomic mass is 79.9. The first-order chi connectivity index (χ1) is 12.8. The standard InChI is InChI=1S/C16H15BrF2N2O4S2/c17-13-5-6-14(26-13)27(23,24)21-9-7-20(8-10-21)15(22)11-3-1-2-4-12(11)25-16(18)19/h1-6,16H,7-10H2. The van der Waals surface area contributed by atoms with Crippen molar-refractivity contribution in [2.75, 3.05) is 26.2 Å². The van der Waals surface area contributed by atoms with E-state index < -0.39 is 22.5 Å². The van der Waals surface area contributed by atoms with Crippen LogP contribution in [0.3, 0.4) is 0 Å². The molecule has 1 saturated heterocycles. The highest BCUT2D eigenvalue weighted by molar-refractivity contribution is 9.11. The molecule has 0 atom stereocenters. The van der Waals surface area contributed by atoms with Crippen LogP contribution in [0.1, 0.15) is 10.4 Å².